The van der Waals surface area contributed by atoms with E-state index < -0.39 is 0 Å². The van der Waals surface area contributed by atoms with Gasteiger partial charge in [0.05, 0.1) is 6.61 Å². The van der Waals surface area contributed by atoms with Crippen LogP contribution in [0.2, 0.25) is 0 Å². The number of hydrogen-bond donors (Lipinski definition) is 1. The Hall–Kier alpha value is -1.06. The number of rotatable bonds is 7. The quantitative estimate of drug-likeness (QED) is 0.756. The summed E-state index contributed by atoms with van der Waals surface area (Å²) < 4.78 is 10.6. The van der Waals surface area contributed by atoms with Gasteiger partial charge < -0.3 is 14.8 Å². The van der Waals surface area contributed by atoms with Gasteiger partial charge >= 0.3 is 0 Å². The van der Waals surface area contributed by atoms with Crippen LogP contribution in [0.5, 0.6) is 5.75 Å². The summed E-state index contributed by atoms with van der Waals surface area (Å²) in [5, 5.41) is 3.24. The molecule has 0 bridgehead atoms. The molecular formula is C15H25NO2. The highest BCUT2D eigenvalue weighted by Crippen LogP contribution is 2.24. The second kappa shape index (κ2) is 7.39. The van der Waals surface area contributed by atoms with E-state index in [0.717, 1.165) is 25.4 Å². The molecule has 0 unspecified atom stereocenters. The Morgan fingerprint density at radius 2 is 1.61 bits per heavy atom. The summed E-state index contributed by atoms with van der Waals surface area (Å²) in [6.45, 7) is 9.75. The third-order valence-corrected chi connectivity index (χ3v) is 2.75. The average molecular weight is 251 g/mol. The molecule has 102 valence electrons. The molecule has 0 atom stereocenters. The molecule has 3 heteroatoms. The summed E-state index contributed by atoms with van der Waals surface area (Å²) in [6.07, 6.45) is 0. The van der Waals surface area contributed by atoms with Gasteiger partial charge in [0.25, 0.3) is 0 Å². The topological polar surface area (TPSA) is 30.5 Å². The second-order valence-corrected chi connectivity index (χ2v) is 5.37. The zero-order valence-electron chi connectivity index (χ0n) is 12.0. The van der Waals surface area contributed by atoms with Crippen LogP contribution in [0.25, 0.3) is 0 Å². The third kappa shape index (κ3) is 5.52. The maximum atomic E-state index is 5.65. The minimum atomic E-state index is 0.195. The molecule has 0 fully saturated rings. The number of ether oxygens (including phenoxy) is 2. The summed E-state index contributed by atoms with van der Waals surface area (Å²) in [6, 6.07) is 8.34. The van der Waals surface area contributed by atoms with E-state index in [9.17, 15) is 0 Å². The van der Waals surface area contributed by atoms with Crippen molar-refractivity contribution in [1.29, 1.82) is 0 Å². The van der Waals surface area contributed by atoms with Crippen molar-refractivity contribution in [2.45, 2.75) is 26.2 Å². The van der Waals surface area contributed by atoms with Gasteiger partial charge in [0.2, 0.25) is 0 Å². The SMILES string of the molecule is COCCNCCOc1ccc(C(C)(C)C)cc1. The van der Waals surface area contributed by atoms with Crippen LogP contribution >= 0.6 is 0 Å². The minimum Gasteiger partial charge on any atom is -0.492 e. The van der Waals surface area contributed by atoms with Crippen molar-refractivity contribution >= 4 is 0 Å². The lowest BCUT2D eigenvalue weighted by atomic mass is 9.87. The first-order valence-corrected chi connectivity index (χ1v) is 6.47. The van der Waals surface area contributed by atoms with Gasteiger partial charge in [0.1, 0.15) is 12.4 Å². The van der Waals surface area contributed by atoms with E-state index in [2.05, 4.69) is 38.2 Å². The molecule has 0 spiro atoms. The van der Waals surface area contributed by atoms with Gasteiger partial charge in [-0.05, 0) is 23.1 Å². The molecule has 0 heterocycles. The van der Waals surface area contributed by atoms with Crippen LogP contribution in [-0.2, 0) is 10.2 Å². The molecule has 0 saturated heterocycles. The van der Waals surface area contributed by atoms with Crippen LogP contribution in [0, 0.1) is 0 Å². The molecule has 0 aliphatic carbocycles. The molecule has 3 nitrogen and oxygen atoms in total. The van der Waals surface area contributed by atoms with E-state index in [1.807, 2.05) is 12.1 Å². The van der Waals surface area contributed by atoms with Crippen LogP contribution < -0.4 is 10.1 Å². The molecule has 0 aliphatic rings. The highest BCUT2D eigenvalue weighted by atomic mass is 16.5. The van der Waals surface area contributed by atoms with Gasteiger partial charge in [-0.1, -0.05) is 32.9 Å². The van der Waals surface area contributed by atoms with Gasteiger partial charge in [-0.25, -0.2) is 0 Å². The van der Waals surface area contributed by atoms with Gasteiger partial charge in [0.15, 0.2) is 0 Å². The summed E-state index contributed by atoms with van der Waals surface area (Å²) in [5.41, 5.74) is 1.52. The van der Waals surface area contributed by atoms with E-state index in [0.29, 0.717) is 6.61 Å². The lowest BCUT2D eigenvalue weighted by Gasteiger charge is -2.19. The minimum absolute atomic E-state index is 0.195. The van der Waals surface area contributed by atoms with Gasteiger partial charge in [0, 0.05) is 20.2 Å². The summed E-state index contributed by atoms with van der Waals surface area (Å²) in [7, 11) is 1.70. The molecule has 0 aliphatic heterocycles. The predicted molar refractivity (Wildman–Crippen MR) is 75.4 cm³/mol. The smallest absolute Gasteiger partial charge is 0.119 e. The van der Waals surface area contributed by atoms with Gasteiger partial charge in [-0.2, -0.15) is 0 Å². The molecule has 1 N–H and O–H groups in total. The molecule has 1 aromatic rings. The van der Waals surface area contributed by atoms with Crippen molar-refractivity contribution in [2.24, 2.45) is 0 Å². The zero-order chi connectivity index (χ0) is 13.4. The monoisotopic (exact) mass is 251 g/mol. The van der Waals surface area contributed by atoms with E-state index in [4.69, 9.17) is 9.47 Å². The van der Waals surface area contributed by atoms with Crippen LogP contribution in [0.15, 0.2) is 24.3 Å². The number of nitrogens with one attached hydrogen (secondary N) is 1. The molecule has 18 heavy (non-hydrogen) atoms. The highest BCUT2D eigenvalue weighted by molar-refractivity contribution is 5.31. The first-order valence-electron chi connectivity index (χ1n) is 6.47. The first-order chi connectivity index (χ1) is 8.54. The maximum absolute atomic E-state index is 5.65. The summed E-state index contributed by atoms with van der Waals surface area (Å²) >= 11 is 0. The lowest BCUT2D eigenvalue weighted by molar-refractivity contribution is 0.197. The maximum Gasteiger partial charge on any atom is 0.119 e. The van der Waals surface area contributed by atoms with Crippen LogP contribution in [0.4, 0.5) is 0 Å². The fourth-order valence-corrected chi connectivity index (χ4v) is 1.59. The van der Waals surface area contributed by atoms with E-state index in [1.54, 1.807) is 7.11 Å². The van der Waals surface area contributed by atoms with Gasteiger partial charge in [-0.3, -0.25) is 0 Å². The van der Waals surface area contributed by atoms with Crippen LogP contribution in [0.3, 0.4) is 0 Å². The molecule has 0 aromatic heterocycles. The largest absolute Gasteiger partial charge is 0.492 e. The van der Waals surface area contributed by atoms with Crippen molar-refractivity contribution < 1.29 is 9.47 Å². The van der Waals surface area contributed by atoms with Gasteiger partial charge in [-0.15, -0.1) is 0 Å². The molecule has 1 rings (SSSR count). The normalized spacial score (nSPS) is 11.6. The van der Waals surface area contributed by atoms with Crippen LogP contribution in [0.1, 0.15) is 26.3 Å². The second-order valence-electron chi connectivity index (χ2n) is 5.37. The molecule has 0 radical (unpaired) electrons. The number of benzene rings is 1. The lowest BCUT2D eigenvalue weighted by Crippen LogP contribution is -2.24. The summed E-state index contributed by atoms with van der Waals surface area (Å²) in [5.74, 6) is 0.927. The van der Waals surface area contributed by atoms with Crippen molar-refractivity contribution in [3.8, 4) is 5.75 Å². The molecule has 0 saturated carbocycles. The standard InChI is InChI=1S/C15H25NO2/c1-15(2,3)13-5-7-14(8-6-13)18-12-10-16-9-11-17-4/h5-8,16H,9-12H2,1-4H3. The Morgan fingerprint density at radius 3 is 2.17 bits per heavy atom. The highest BCUT2D eigenvalue weighted by Gasteiger charge is 2.12. The van der Waals surface area contributed by atoms with Crippen LogP contribution in [-0.4, -0.2) is 33.4 Å². The van der Waals surface area contributed by atoms with Crippen molar-refractivity contribution in [3.05, 3.63) is 29.8 Å². The Bertz CT molecular complexity index is 327. The van der Waals surface area contributed by atoms with Crippen molar-refractivity contribution in [2.75, 3.05) is 33.4 Å². The Morgan fingerprint density at radius 1 is 1.00 bits per heavy atom. The fraction of sp³-hybridized carbons (Fsp3) is 0.600. The Kier molecular flexibility index (Phi) is 6.16. The van der Waals surface area contributed by atoms with Crippen molar-refractivity contribution in [1.82, 2.24) is 5.32 Å². The summed E-state index contributed by atoms with van der Waals surface area (Å²) in [4.78, 5) is 0. The average Bonchev–Trinajstić information content (AvgIpc) is 2.33. The predicted octanol–water partition coefficient (Wildman–Crippen LogP) is 2.60. The third-order valence-electron chi connectivity index (χ3n) is 2.75. The zero-order valence-corrected chi connectivity index (χ0v) is 12.0. The molecule has 0 amide bonds. The fourth-order valence-electron chi connectivity index (χ4n) is 1.59. The van der Waals surface area contributed by atoms with E-state index in [1.165, 1.54) is 5.56 Å². The van der Waals surface area contributed by atoms with E-state index >= 15 is 0 Å². The number of methoxy groups -OCH3 is 1. The molecular weight excluding hydrogens is 226 g/mol. The Balaban J connectivity index is 2.27. The Labute approximate surface area is 110 Å². The van der Waals surface area contributed by atoms with E-state index in [-0.39, 0.29) is 5.41 Å². The molecule has 1 aromatic carbocycles. The number of hydrogen-bond acceptors (Lipinski definition) is 3. The van der Waals surface area contributed by atoms with Crippen molar-refractivity contribution in [3.63, 3.8) is 0 Å². The first kappa shape index (κ1) is 15.0.